The number of rotatable bonds is 8. The van der Waals surface area contributed by atoms with Gasteiger partial charge >= 0.3 is 0 Å². The van der Waals surface area contributed by atoms with Gasteiger partial charge in [-0.3, -0.25) is 4.79 Å². The molecule has 0 atom stereocenters. The molecule has 1 aromatic heterocycles. The van der Waals surface area contributed by atoms with Gasteiger partial charge in [0.15, 0.2) is 0 Å². The summed E-state index contributed by atoms with van der Waals surface area (Å²) in [5.41, 5.74) is 12.3. The summed E-state index contributed by atoms with van der Waals surface area (Å²) in [4.78, 5) is 19.4. The van der Waals surface area contributed by atoms with Gasteiger partial charge < -0.3 is 16.2 Å². The van der Waals surface area contributed by atoms with E-state index in [1.54, 1.807) is 0 Å². The number of ether oxygens (including phenoxy) is 1. The SMILES string of the molecule is CCCCCCOc1ccccc1-c1cc(C(N)=O)nc(N)n1. The van der Waals surface area contributed by atoms with Crippen LogP contribution in [0.1, 0.15) is 43.1 Å². The van der Waals surface area contributed by atoms with E-state index in [4.69, 9.17) is 16.2 Å². The number of carbonyl (C=O) groups excluding carboxylic acids is 1. The van der Waals surface area contributed by atoms with Crippen molar-refractivity contribution in [2.75, 3.05) is 12.3 Å². The molecule has 122 valence electrons. The molecule has 6 heteroatoms. The van der Waals surface area contributed by atoms with Crippen LogP contribution in [0.3, 0.4) is 0 Å². The molecular formula is C17H22N4O2. The van der Waals surface area contributed by atoms with Crippen molar-refractivity contribution in [3.63, 3.8) is 0 Å². The number of nitrogens with zero attached hydrogens (tertiary/aromatic N) is 2. The third-order valence-corrected chi connectivity index (χ3v) is 3.41. The first-order valence-corrected chi connectivity index (χ1v) is 7.78. The molecule has 2 aromatic rings. The van der Waals surface area contributed by atoms with Gasteiger partial charge in [0, 0.05) is 5.56 Å². The van der Waals surface area contributed by atoms with E-state index in [2.05, 4.69) is 16.9 Å². The zero-order valence-corrected chi connectivity index (χ0v) is 13.3. The van der Waals surface area contributed by atoms with Crippen LogP contribution in [0.2, 0.25) is 0 Å². The fourth-order valence-electron chi connectivity index (χ4n) is 2.25. The van der Waals surface area contributed by atoms with Crippen LogP contribution < -0.4 is 16.2 Å². The molecule has 0 unspecified atom stereocenters. The number of hydrogen-bond acceptors (Lipinski definition) is 5. The predicted octanol–water partition coefficient (Wildman–Crippen LogP) is 2.78. The average Bonchev–Trinajstić information content (AvgIpc) is 2.54. The van der Waals surface area contributed by atoms with E-state index < -0.39 is 5.91 Å². The molecule has 0 radical (unpaired) electrons. The van der Waals surface area contributed by atoms with Crippen molar-refractivity contribution in [2.45, 2.75) is 32.6 Å². The number of amides is 1. The van der Waals surface area contributed by atoms with Crippen molar-refractivity contribution in [1.29, 1.82) is 0 Å². The fourth-order valence-corrected chi connectivity index (χ4v) is 2.25. The van der Waals surface area contributed by atoms with E-state index in [0.29, 0.717) is 18.1 Å². The smallest absolute Gasteiger partial charge is 0.267 e. The van der Waals surface area contributed by atoms with Crippen molar-refractivity contribution in [2.24, 2.45) is 5.73 Å². The molecule has 0 bridgehead atoms. The van der Waals surface area contributed by atoms with Crippen LogP contribution in [0.15, 0.2) is 30.3 Å². The number of nitrogen functional groups attached to an aromatic ring is 1. The van der Waals surface area contributed by atoms with E-state index in [1.807, 2.05) is 24.3 Å². The van der Waals surface area contributed by atoms with Gasteiger partial charge in [0.05, 0.1) is 12.3 Å². The maximum atomic E-state index is 11.3. The van der Waals surface area contributed by atoms with E-state index in [0.717, 1.165) is 18.4 Å². The Balaban J connectivity index is 2.21. The number of aromatic nitrogens is 2. The highest BCUT2D eigenvalue weighted by Crippen LogP contribution is 2.29. The van der Waals surface area contributed by atoms with Crippen molar-refractivity contribution >= 4 is 11.9 Å². The lowest BCUT2D eigenvalue weighted by atomic mass is 10.1. The molecule has 1 amide bonds. The Morgan fingerprint density at radius 1 is 1.17 bits per heavy atom. The zero-order chi connectivity index (χ0) is 16.7. The Morgan fingerprint density at radius 3 is 2.70 bits per heavy atom. The fraction of sp³-hybridized carbons (Fsp3) is 0.353. The molecule has 1 aromatic carbocycles. The van der Waals surface area contributed by atoms with Gasteiger partial charge in [-0.1, -0.05) is 38.3 Å². The van der Waals surface area contributed by atoms with Gasteiger partial charge in [0.2, 0.25) is 5.95 Å². The van der Waals surface area contributed by atoms with Crippen molar-refractivity contribution in [1.82, 2.24) is 9.97 Å². The third-order valence-electron chi connectivity index (χ3n) is 3.41. The number of para-hydroxylation sites is 1. The summed E-state index contributed by atoms with van der Waals surface area (Å²) < 4.78 is 5.86. The molecule has 2 rings (SSSR count). The first-order chi connectivity index (χ1) is 11.1. The standard InChI is InChI=1S/C17H22N4O2/c1-2-3-4-7-10-23-15-9-6-5-8-12(15)13-11-14(16(18)22)21-17(19)20-13/h5-6,8-9,11H,2-4,7,10H2,1H3,(H2,18,22)(H2,19,20,21). The Morgan fingerprint density at radius 2 is 1.96 bits per heavy atom. The van der Waals surface area contributed by atoms with Gasteiger partial charge in [-0.05, 0) is 24.6 Å². The second kappa shape index (κ2) is 8.12. The van der Waals surface area contributed by atoms with Gasteiger partial charge in [-0.2, -0.15) is 0 Å². The number of benzene rings is 1. The van der Waals surface area contributed by atoms with Crippen molar-refractivity contribution in [3.8, 4) is 17.0 Å². The van der Waals surface area contributed by atoms with Crippen LogP contribution in [0.25, 0.3) is 11.3 Å². The zero-order valence-electron chi connectivity index (χ0n) is 13.3. The molecule has 0 aliphatic rings. The van der Waals surface area contributed by atoms with Crippen LogP contribution in [0, 0.1) is 0 Å². The molecule has 0 fully saturated rings. The first kappa shape index (κ1) is 16.7. The molecule has 4 N–H and O–H groups in total. The Kier molecular flexibility index (Phi) is 5.91. The molecule has 6 nitrogen and oxygen atoms in total. The number of carbonyl (C=O) groups is 1. The summed E-state index contributed by atoms with van der Waals surface area (Å²) in [6.07, 6.45) is 4.54. The topological polar surface area (TPSA) is 104 Å². The van der Waals surface area contributed by atoms with Crippen LogP contribution in [0.5, 0.6) is 5.75 Å². The molecule has 0 aliphatic carbocycles. The highest BCUT2D eigenvalue weighted by atomic mass is 16.5. The number of unbranched alkanes of at least 4 members (excludes halogenated alkanes) is 3. The number of primary amides is 1. The molecule has 1 heterocycles. The lowest BCUT2D eigenvalue weighted by molar-refractivity contribution is 0.0995. The lowest BCUT2D eigenvalue weighted by Crippen LogP contribution is -2.15. The monoisotopic (exact) mass is 314 g/mol. The normalized spacial score (nSPS) is 10.5. The number of hydrogen-bond donors (Lipinski definition) is 2. The summed E-state index contributed by atoms with van der Waals surface area (Å²) >= 11 is 0. The van der Waals surface area contributed by atoms with Gasteiger partial charge in [0.25, 0.3) is 5.91 Å². The van der Waals surface area contributed by atoms with E-state index in [9.17, 15) is 4.79 Å². The largest absolute Gasteiger partial charge is 0.493 e. The Hall–Kier alpha value is -2.63. The van der Waals surface area contributed by atoms with Crippen molar-refractivity contribution < 1.29 is 9.53 Å². The summed E-state index contributed by atoms with van der Waals surface area (Å²) in [5.74, 6) is 0.0740. The second-order valence-electron chi connectivity index (χ2n) is 5.27. The highest BCUT2D eigenvalue weighted by Gasteiger charge is 2.12. The lowest BCUT2D eigenvalue weighted by Gasteiger charge is -2.11. The maximum absolute atomic E-state index is 11.3. The Labute approximate surface area is 135 Å². The summed E-state index contributed by atoms with van der Waals surface area (Å²) in [6.45, 7) is 2.81. The van der Waals surface area contributed by atoms with Gasteiger partial charge in [-0.25, -0.2) is 9.97 Å². The van der Waals surface area contributed by atoms with Crippen LogP contribution in [0.4, 0.5) is 5.95 Å². The van der Waals surface area contributed by atoms with Crippen LogP contribution >= 0.6 is 0 Å². The molecule has 0 saturated heterocycles. The Bertz CT molecular complexity index is 673. The second-order valence-corrected chi connectivity index (χ2v) is 5.27. The average molecular weight is 314 g/mol. The molecular weight excluding hydrogens is 292 g/mol. The summed E-state index contributed by atoms with van der Waals surface area (Å²) in [7, 11) is 0. The van der Waals surface area contributed by atoms with Crippen LogP contribution in [-0.4, -0.2) is 22.5 Å². The molecule has 23 heavy (non-hydrogen) atoms. The summed E-state index contributed by atoms with van der Waals surface area (Å²) in [5, 5.41) is 0. The van der Waals surface area contributed by atoms with Gasteiger partial charge in [-0.15, -0.1) is 0 Å². The third kappa shape index (κ3) is 4.67. The minimum Gasteiger partial charge on any atom is -0.493 e. The predicted molar refractivity (Wildman–Crippen MR) is 90.0 cm³/mol. The molecule has 0 spiro atoms. The van der Waals surface area contributed by atoms with Gasteiger partial charge in [0.1, 0.15) is 11.4 Å². The maximum Gasteiger partial charge on any atom is 0.267 e. The molecule has 0 aliphatic heterocycles. The minimum absolute atomic E-state index is 0.00838. The minimum atomic E-state index is -0.640. The highest BCUT2D eigenvalue weighted by molar-refractivity contribution is 5.92. The summed E-state index contributed by atoms with van der Waals surface area (Å²) in [6, 6.07) is 9.04. The number of nitrogens with two attached hydrogens (primary N) is 2. The van der Waals surface area contributed by atoms with E-state index in [1.165, 1.54) is 18.9 Å². The first-order valence-electron chi connectivity index (χ1n) is 7.78. The van der Waals surface area contributed by atoms with Crippen molar-refractivity contribution in [3.05, 3.63) is 36.0 Å². The van der Waals surface area contributed by atoms with Crippen LogP contribution in [-0.2, 0) is 0 Å². The van der Waals surface area contributed by atoms with E-state index >= 15 is 0 Å². The molecule has 0 saturated carbocycles. The van der Waals surface area contributed by atoms with E-state index in [-0.39, 0.29) is 11.6 Å². The quantitative estimate of drug-likeness (QED) is 0.729. The number of anilines is 1.